The second-order valence-electron chi connectivity index (χ2n) is 4.45. The summed E-state index contributed by atoms with van der Waals surface area (Å²) in [6.07, 6.45) is 8.31. The van der Waals surface area contributed by atoms with Crippen LogP contribution in [0.3, 0.4) is 0 Å². The van der Waals surface area contributed by atoms with Crippen LogP contribution < -0.4 is 0 Å². The highest BCUT2D eigenvalue weighted by molar-refractivity contribution is 14.1. The molecule has 0 bridgehead atoms. The van der Waals surface area contributed by atoms with Crippen LogP contribution in [0.2, 0.25) is 0 Å². The molecule has 0 aromatic rings. The Balaban J connectivity index is 2.39. The smallest absolute Gasteiger partial charge is 0.0881 e. The number of hydrogen-bond donors (Lipinski definition) is 0. The second kappa shape index (κ2) is 6.54. The van der Waals surface area contributed by atoms with E-state index in [2.05, 4.69) is 29.5 Å². The summed E-state index contributed by atoms with van der Waals surface area (Å²) < 4.78 is 7.09. The van der Waals surface area contributed by atoms with Crippen LogP contribution in [0.15, 0.2) is 0 Å². The van der Waals surface area contributed by atoms with Gasteiger partial charge in [-0.15, -0.1) is 11.6 Å². The van der Waals surface area contributed by atoms with Gasteiger partial charge in [0, 0.05) is 4.43 Å². The van der Waals surface area contributed by atoms with Gasteiger partial charge in [0.25, 0.3) is 0 Å². The highest BCUT2D eigenvalue weighted by Crippen LogP contribution is 2.26. The topological polar surface area (TPSA) is 9.23 Å². The summed E-state index contributed by atoms with van der Waals surface area (Å²) >= 11 is 8.30. The Morgan fingerprint density at radius 3 is 2.29 bits per heavy atom. The van der Waals surface area contributed by atoms with E-state index in [0.29, 0.717) is 12.0 Å². The molecule has 1 fully saturated rings. The first-order valence-electron chi connectivity index (χ1n) is 5.50. The van der Waals surface area contributed by atoms with Gasteiger partial charge in [0.15, 0.2) is 0 Å². The van der Waals surface area contributed by atoms with Crippen molar-refractivity contribution in [3.8, 4) is 0 Å². The average Bonchev–Trinajstić information content (AvgIpc) is 2.46. The molecule has 3 heteroatoms. The standard InChI is InChI=1S/C11H20ClIO/c1-11(8-12,9-13)14-10-6-4-2-3-5-7-10/h10H,2-9H2,1H3. The van der Waals surface area contributed by atoms with Gasteiger partial charge in [0.1, 0.15) is 0 Å². The molecule has 0 saturated heterocycles. The molecule has 1 atom stereocenters. The van der Waals surface area contributed by atoms with Crippen molar-refractivity contribution in [2.45, 2.75) is 57.2 Å². The van der Waals surface area contributed by atoms with E-state index in [1.165, 1.54) is 38.5 Å². The molecule has 1 saturated carbocycles. The number of rotatable bonds is 4. The maximum absolute atomic E-state index is 6.12. The van der Waals surface area contributed by atoms with E-state index in [0.717, 1.165) is 4.43 Å². The van der Waals surface area contributed by atoms with Gasteiger partial charge in [0.05, 0.1) is 17.6 Å². The summed E-state index contributed by atoms with van der Waals surface area (Å²) in [6, 6.07) is 0. The van der Waals surface area contributed by atoms with Gasteiger partial charge in [-0.25, -0.2) is 0 Å². The third-order valence-corrected chi connectivity index (χ3v) is 5.00. The zero-order chi connectivity index (χ0) is 10.4. The fourth-order valence-electron chi connectivity index (χ4n) is 1.86. The van der Waals surface area contributed by atoms with Crippen molar-refractivity contribution >= 4 is 34.2 Å². The van der Waals surface area contributed by atoms with E-state index < -0.39 is 0 Å². The summed E-state index contributed by atoms with van der Waals surface area (Å²) in [5.41, 5.74) is -0.114. The molecule has 0 aromatic carbocycles. The van der Waals surface area contributed by atoms with Gasteiger partial charge in [-0.2, -0.15) is 0 Å². The fraction of sp³-hybridized carbons (Fsp3) is 1.00. The Morgan fingerprint density at radius 1 is 1.29 bits per heavy atom. The van der Waals surface area contributed by atoms with Gasteiger partial charge < -0.3 is 4.74 Å². The summed E-state index contributed by atoms with van der Waals surface area (Å²) in [7, 11) is 0. The van der Waals surface area contributed by atoms with Crippen LogP contribution in [0, 0.1) is 0 Å². The minimum absolute atomic E-state index is 0.114. The zero-order valence-corrected chi connectivity index (χ0v) is 11.8. The highest BCUT2D eigenvalue weighted by Gasteiger charge is 2.27. The van der Waals surface area contributed by atoms with Crippen LogP contribution in [0.1, 0.15) is 45.4 Å². The van der Waals surface area contributed by atoms with Crippen LogP contribution in [0.4, 0.5) is 0 Å². The zero-order valence-electron chi connectivity index (χ0n) is 8.90. The summed E-state index contributed by atoms with van der Waals surface area (Å²) in [4.78, 5) is 0. The lowest BCUT2D eigenvalue weighted by atomic mass is 10.1. The third kappa shape index (κ3) is 4.23. The number of hydrogen-bond acceptors (Lipinski definition) is 1. The van der Waals surface area contributed by atoms with Crippen LogP contribution in [0.25, 0.3) is 0 Å². The molecule has 1 aliphatic rings. The molecule has 1 unspecified atom stereocenters. The molecule has 1 aliphatic carbocycles. The number of halogens is 2. The summed E-state index contributed by atoms with van der Waals surface area (Å²) in [6.45, 7) is 2.12. The van der Waals surface area contributed by atoms with Gasteiger partial charge in [0.2, 0.25) is 0 Å². The molecule has 14 heavy (non-hydrogen) atoms. The largest absolute Gasteiger partial charge is 0.370 e. The molecular weight excluding hydrogens is 310 g/mol. The van der Waals surface area contributed by atoms with Crippen molar-refractivity contribution in [3.63, 3.8) is 0 Å². The Morgan fingerprint density at radius 2 is 1.86 bits per heavy atom. The Bertz CT molecular complexity index is 151. The van der Waals surface area contributed by atoms with Crippen molar-refractivity contribution in [2.75, 3.05) is 10.3 Å². The predicted octanol–water partition coefficient (Wildman–Crippen LogP) is 4.16. The first kappa shape index (κ1) is 13.0. The van der Waals surface area contributed by atoms with Crippen molar-refractivity contribution in [2.24, 2.45) is 0 Å². The first-order chi connectivity index (χ1) is 6.70. The van der Waals surface area contributed by atoms with E-state index in [-0.39, 0.29) is 5.60 Å². The number of alkyl halides is 2. The first-order valence-corrected chi connectivity index (χ1v) is 7.56. The van der Waals surface area contributed by atoms with E-state index in [4.69, 9.17) is 16.3 Å². The molecule has 0 aliphatic heterocycles. The normalized spacial score (nSPS) is 24.2. The van der Waals surface area contributed by atoms with Gasteiger partial charge in [-0.3, -0.25) is 0 Å². The van der Waals surface area contributed by atoms with Gasteiger partial charge >= 0.3 is 0 Å². The highest BCUT2D eigenvalue weighted by atomic mass is 127. The van der Waals surface area contributed by atoms with E-state index in [1.54, 1.807) is 0 Å². The summed E-state index contributed by atoms with van der Waals surface area (Å²) in [5, 5.41) is 0. The van der Waals surface area contributed by atoms with Crippen molar-refractivity contribution < 1.29 is 4.74 Å². The molecule has 0 spiro atoms. The molecule has 0 N–H and O–H groups in total. The van der Waals surface area contributed by atoms with Crippen molar-refractivity contribution in [1.82, 2.24) is 0 Å². The van der Waals surface area contributed by atoms with E-state index in [9.17, 15) is 0 Å². The Hall–Kier alpha value is 0.980. The Labute approximate surface area is 106 Å². The van der Waals surface area contributed by atoms with E-state index >= 15 is 0 Å². The van der Waals surface area contributed by atoms with Crippen LogP contribution in [-0.2, 0) is 4.74 Å². The molecule has 84 valence electrons. The summed E-state index contributed by atoms with van der Waals surface area (Å²) in [5.74, 6) is 0.604. The van der Waals surface area contributed by atoms with Crippen molar-refractivity contribution in [3.05, 3.63) is 0 Å². The maximum Gasteiger partial charge on any atom is 0.0881 e. The molecule has 0 heterocycles. The lowest BCUT2D eigenvalue weighted by Crippen LogP contribution is -2.37. The van der Waals surface area contributed by atoms with Crippen LogP contribution in [-0.4, -0.2) is 22.0 Å². The van der Waals surface area contributed by atoms with Gasteiger partial charge in [-0.1, -0.05) is 48.3 Å². The minimum Gasteiger partial charge on any atom is -0.370 e. The van der Waals surface area contributed by atoms with Crippen molar-refractivity contribution in [1.29, 1.82) is 0 Å². The fourth-order valence-corrected chi connectivity index (χ4v) is 2.79. The quantitative estimate of drug-likeness (QED) is 0.427. The molecule has 1 nitrogen and oxygen atoms in total. The minimum atomic E-state index is -0.114. The van der Waals surface area contributed by atoms with E-state index in [1.807, 2.05) is 0 Å². The molecule has 0 radical (unpaired) electrons. The maximum atomic E-state index is 6.12. The molecular formula is C11H20ClIO. The molecule has 1 rings (SSSR count). The third-order valence-electron chi connectivity index (χ3n) is 2.82. The van der Waals surface area contributed by atoms with Crippen LogP contribution in [0.5, 0.6) is 0 Å². The SMILES string of the molecule is CC(CCl)(CI)OC1CCCCCC1. The molecule has 0 aromatic heterocycles. The average molecular weight is 331 g/mol. The predicted molar refractivity (Wildman–Crippen MR) is 70.6 cm³/mol. The molecule has 0 amide bonds. The lowest BCUT2D eigenvalue weighted by molar-refractivity contribution is -0.0581. The number of ether oxygens (including phenoxy) is 1. The monoisotopic (exact) mass is 330 g/mol. The lowest BCUT2D eigenvalue weighted by Gasteiger charge is -2.30. The second-order valence-corrected chi connectivity index (χ2v) is 5.48. The van der Waals surface area contributed by atoms with Crippen LogP contribution >= 0.6 is 34.2 Å². The Kier molecular flexibility index (Phi) is 6.09. The van der Waals surface area contributed by atoms with Gasteiger partial charge in [-0.05, 0) is 19.8 Å².